The first kappa shape index (κ1) is 17.8. The van der Waals surface area contributed by atoms with E-state index >= 15 is 0 Å². The van der Waals surface area contributed by atoms with E-state index in [1.165, 1.54) is 11.3 Å². The van der Waals surface area contributed by atoms with E-state index < -0.39 is 6.04 Å². The maximum atomic E-state index is 13.2. The van der Waals surface area contributed by atoms with E-state index in [9.17, 15) is 14.4 Å². The molecule has 1 unspecified atom stereocenters. The average molecular weight is 403 g/mol. The molecule has 29 heavy (non-hydrogen) atoms. The second kappa shape index (κ2) is 6.93. The number of anilines is 1. The van der Waals surface area contributed by atoms with Gasteiger partial charge in [-0.05, 0) is 36.1 Å². The summed E-state index contributed by atoms with van der Waals surface area (Å²) in [4.78, 5) is 44.2. The number of carbonyl (C=O) groups is 3. The number of thiazole rings is 1. The molecule has 7 heteroatoms. The summed E-state index contributed by atoms with van der Waals surface area (Å²) in [6.07, 6.45) is 2.99. The third-order valence-corrected chi connectivity index (χ3v) is 6.14. The van der Waals surface area contributed by atoms with Gasteiger partial charge in [0.25, 0.3) is 5.91 Å². The minimum absolute atomic E-state index is 0.0651. The van der Waals surface area contributed by atoms with Gasteiger partial charge >= 0.3 is 0 Å². The second-order valence-corrected chi connectivity index (χ2v) is 8.01. The smallest absolute Gasteiger partial charge is 0.254 e. The number of ketones is 1. The van der Waals surface area contributed by atoms with Gasteiger partial charge in [0.2, 0.25) is 5.91 Å². The predicted octanol–water partition coefficient (Wildman–Crippen LogP) is 3.60. The Morgan fingerprint density at radius 2 is 1.86 bits per heavy atom. The first-order chi connectivity index (χ1) is 14.1. The Morgan fingerprint density at radius 1 is 1.07 bits per heavy atom. The van der Waals surface area contributed by atoms with Crippen molar-refractivity contribution in [3.05, 3.63) is 70.7 Å². The molecule has 0 saturated carbocycles. The third-order valence-electron chi connectivity index (χ3n) is 5.45. The molecule has 0 bridgehead atoms. The summed E-state index contributed by atoms with van der Waals surface area (Å²) in [5.41, 5.74) is 3.38. The van der Waals surface area contributed by atoms with Crippen molar-refractivity contribution in [3.8, 4) is 11.1 Å². The van der Waals surface area contributed by atoms with E-state index in [0.717, 1.165) is 17.5 Å². The fourth-order valence-electron chi connectivity index (χ4n) is 4.08. The van der Waals surface area contributed by atoms with Crippen LogP contribution in [-0.2, 0) is 4.79 Å². The van der Waals surface area contributed by atoms with Crippen molar-refractivity contribution >= 4 is 34.1 Å². The van der Waals surface area contributed by atoms with Crippen LogP contribution in [0.5, 0.6) is 0 Å². The molecule has 1 N–H and O–H groups in total. The minimum atomic E-state index is -0.535. The van der Waals surface area contributed by atoms with Gasteiger partial charge in [-0.3, -0.25) is 14.4 Å². The summed E-state index contributed by atoms with van der Waals surface area (Å²) in [6.45, 7) is 0.514. The Kier molecular flexibility index (Phi) is 4.24. The van der Waals surface area contributed by atoms with Gasteiger partial charge in [-0.15, -0.1) is 11.3 Å². The number of hydrogen-bond donors (Lipinski definition) is 1. The molecule has 1 aromatic heterocycles. The number of nitrogens with one attached hydrogen (secondary N) is 1. The maximum absolute atomic E-state index is 13.2. The number of benzene rings is 2. The third kappa shape index (κ3) is 2.94. The highest BCUT2D eigenvalue weighted by Crippen LogP contribution is 2.37. The van der Waals surface area contributed by atoms with E-state index in [0.29, 0.717) is 34.8 Å². The Balaban J connectivity index is 1.41. The van der Waals surface area contributed by atoms with Crippen molar-refractivity contribution in [2.75, 3.05) is 11.9 Å². The van der Waals surface area contributed by atoms with Crippen LogP contribution in [0.25, 0.3) is 11.1 Å². The van der Waals surface area contributed by atoms with Gasteiger partial charge in [-0.1, -0.05) is 30.3 Å². The predicted molar refractivity (Wildman–Crippen MR) is 110 cm³/mol. The lowest BCUT2D eigenvalue weighted by Crippen LogP contribution is -2.43. The minimum Gasteiger partial charge on any atom is -0.327 e. The quantitative estimate of drug-likeness (QED) is 0.567. The molecule has 1 atom stereocenters. The topological polar surface area (TPSA) is 79.4 Å². The molecule has 2 aliphatic rings. The van der Waals surface area contributed by atoms with Crippen LogP contribution in [0.2, 0.25) is 0 Å². The number of fused-ring (bicyclic) bond motifs is 3. The SMILES string of the molecule is O=C1c2ccccc2-c2ccc(C(=O)N3CCCC3C(=O)Nc3nccs3)cc21. The summed E-state index contributed by atoms with van der Waals surface area (Å²) < 4.78 is 0. The molecular weight excluding hydrogens is 386 g/mol. The zero-order chi connectivity index (χ0) is 20.0. The van der Waals surface area contributed by atoms with Crippen LogP contribution in [0.3, 0.4) is 0 Å². The molecule has 2 aromatic carbocycles. The summed E-state index contributed by atoms with van der Waals surface area (Å²) in [6, 6.07) is 12.2. The van der Waals surface area contributed by atoms with E-state index in [4.69, 9.17) is 0 Å². The van der Waals surface area contributed by atoms with Crippen molar-refractivity contribution in [2.45, 2.75) is 18.9 Å². The number of amides is 2. The normalized spacial score (nSPS) is 17.2. The molecule has 144 valence electrons. The van der Waals surface area contributed by atoms with Crippen LogP contribution in [0.1, 0.15) is 39.1 Å². The molecule has 0 radical (unpaired) electrons. The Morgan fingerprint density at radius 3 is 2.66 bits per heavy atom. The fraction of sp³-hybridized carbons (Fsp3) is 0.182. The molecule has 6 nitrogen and oxygen atoms in total. The summed E-state index contributed by atoms with van der Waals surface area (Å²) in [5, 5.41) is 5.09. The number of likely N-dealkylation sites (tertiary alicyclic amines) is 1. The van der Waals surface area contributed by atoms with Crippen molar-refractivity contribution in [2.24, 2.45) is 0 Å². The summed E-state index contributed by atoms with van der Waals surface area (Å²) >= 11 is 1.34. The van der Waals surface area contributed by atoms with E-state index in [-0.39, 0.29) is 17.6 Å². The molecular formula is C22H17N3O3S. The number of hydrogen-bond acceptors (Lipinski definition) is 5. The number of carbonyl (C=O) groups excluding carboxylic acids is 3. The van der Waals surface area contributed by atoms with Crippen molar-refractivity contribution in [3.63, 3.8) is 0 Å². The van der Waals surface area contributed by atoms with Gasteiger partial charge in [0.05, 0.1) is 0 Å². The average Bonchev–Trinajstić information content (AvgIpc) is 3.48. The molecule has 0 spiro atoms. The zero-order valence-electron chi connectivity index (χ0n) is 15.4. The van der Waals surface area contributed by atoms with Crippen LogP contribution in [0.15, 0.2) is 54.0 Å². The molecule has 1 saturated heterocycles. The monoisotopic (exact) mass is 403 g/mol. The highest BCUT2D eigenvalue weighted by atomic mass is 32.1. The zero-order valence-corrected chi connectivity index (χ0v) is 16.2. The second-order valence-electron chi connectivity index (χ2n) is 7.12. The van der Waals surface area contributed by atoms with Gasteiger partial charge in [-0.2, -0.15) is 0 Å². The van der Waals surface area contributed by atoms with Crippen LogP contribution in [0.4, 0.5) is 5.13 Å². The van der Waals surface area contributed by atoms with E-state index in [1.54, 1.807) is 34.7 Å². The molecule has 1 fully saturated rings. The number of nitrogens with zero attached hydrogens (tertiary/aromatic N) is 2. The molecule has 1 aliphatic heterocycles. The van der Waals surface area contributed by atoms with Crippen LogP contribution >= 0.6 is 11.3 Å². The molecule has 2 heterocycles. The summed E-state index contributed by atoms with van der Waals surface area (Å²) in [7, 11) is 0. The lowest BCUT2D eigenvalue weighted by Gasteiger charge is -2.23. The largest absolute Gasteiger partial charge is 0.327 e. The number of aromatic nitrogens is 1. The highest BCUT2D eigenvalue weighted by molar-refractivity contribution is 7.13. The highest BCUT2D eigenvalue weighted by Gasteiger charge is 2.36. The molecule has 2 amide bonds. The van der Waals surface area contributed by atoms with Crippen LogP contribution in [-0.4, -0.2) is 40.1 Å². The first-order valence-electron chi connectivity index (χ1n) is 9.43. The Bertz CT molecular complexity index is 1140. The van der Waals surface area contributed by atoms with Crippen molar-refractivity contribution in [1.29, 1.82) is 0 Å². The molecule has 1 aliphatic carbocycles. The van der Waals surface area contributed by atoms with Gasteiger partial charge in [-0.25, -0.2) is 4.98 Å². The number of rotatable bonds is 3. The standard InChI is InChI=1S/C22H17N3O3S/c26-19-16-5-2-1-4-14(16)15-8-7-13(12-17(15)19)21(28)25-10-3-6-18(25)20(27)24-22-23-9-11-29-22/h1-2,4-5,7-9,11-12,18H,3,6,10H2,(H,23,24,27). The first-order valence-corrected chi connectivity index (χ1v) is 10.3. The lowest BCUT2D eigenvalue weighted by atomic mass is 10.0. The van der Waals surface area contributed by atoms with Gasteiger partial charge in [0, 0.05) is 34.8 Å². The van der Waals surface area contributed by atoms with Gasteiger partial charge in [0.1, 0.15) is 6.04 Å². The maximum Gasteiger partial charge on any atom is 0.254 e. The van der Waals surface area contributed by atoms with Gasteiger partial charge < -0.3 is 10.2 Å². The van der Waals surface area contributed by atoms with Crippen molar-refractivity contribution < 1.29 is 14.4 Å². The van der Waals surface area contributed by atoms with Crippen molar-refractivity contribution in [1.82, 2.24) is 9.88 Å². The Hall–Kier alpha value is -3.32. The van der Waals surface area contributed by atoms with E-state index in [2.05, 4.69) is 10.3 Å². The summed E-state index contributed by atoms with van der Waals surface area (Å²) in [5.74, 6) is -0.520. The van der Waals surface area contributed by atoms with E-state index in [1.807, 2.05) is 24.3 Å². The van der Waals surface area contributed by atoms with Crippen LogP contribution < -0.4 is 5.32 Å². The fourth-order valence-corrected chi connectivity index (χ4v) is 4.61. The Labute approximate surface area is 171 Å². The van der Waals surface area contributed by atoms with Crippen LogP contribution in [0, 0.1) is 0 Å². The van der Waals surface area contributed by atoms with Gasteiger partial charge in [0.15, 0.2) is 10.9 Å². The molecule has 5 rings (SSSR count). The lowest BCUT2D eigenvalue weighted by molar-refractivity contribution is -0.119. The molecule has 3 aromatic rings.